The second kappa shape index (κ2) is 8.09. The number of amides is 1. The SMILES string of the molecule is CC(C)C(=O)Nc1ccc(NCCc2ccc(S(N)(=O)=O)cc2)cn1. The molecule has 0 unspecified atom stereocenters. The summed E-state index contributed by atoms with van der Waals surface area (Å²) in [6.45, 7) is 4.30. The molecule has 2 rings (SSSR count). The average molecular weight is 362 g/mol. The van der Waals surface area contributed by atoms with Gasteiger partial charge < -0.3 is 10.6 Å². The zero-order valence-corrected chi connectivity index (χ0v) is 15.0. The molecule has 1 heterocycles. The van der Waals surface area contributed by atoms with Crippen LogP contribution >= 0.6 is 0 Å². The number of anilines is 2. The largest absolute Gasteiger partial charge is 0.383 e. The summed E-state index contributed by atoms with van der Waals surface area (Å²) in [5, 5.41) is 11.0. The lowest BCUT2D eigenvalue weighted by Crippen LogP contribution is -2.18. The van der Waals surface area contributed by atoms with E-state index in [4.69, 9.17) is 5.14 Å². The van der Waals surface area contributed by atoms with Gasteiger partial charge in [-0.15, -0.1) is 0 Å². The predicted molar refractivity (Wildman–Crippen MR) is 97.7 cm³/mol. The molecule has 0 spiro atoms. The summed E-state index contributed by atoms with van der Waals surface area (Å²) in [6, 6.07) is 10.1. The van der Waals surface area contributed by atoms with E-state index in [1.54, 1.807) is 24.4 Å². The molecule has 2 aromatic rings. The number of carbonyl (C=O) groups is 1. The first kappa shape index (κ1) is 18.9. The molecule has 4 N–H and O–H groups in total. The van der Waals surface area contributed by atoms with Crippen molar-refractivity contribution in [2.24, 2.45) is 11.1 Å². The first-order valence-electron chi connectivity index (χ1n) is 7.88. The summed E-state index contributed by atoms with van der Waals surface area (Å²) in [5.41, 5.74) is 1.83. The zero-order valence-electron chi connectivity index (χ0n) is 14.2. The smallest absolute Gasteiger partial charge is 0.238 e. The van der Waals surface area contributed by atoms with Crippen LogP contribution in [0.5, 0.6) is 0 Å². The number of nitrogens with two attached hydrogens (primary N) is 1. The molecule has 0 saturated carbocycles. The second-order valence-corrected chi connectivity index (χ2v) is 7.50. The van der Waals surface area contributed by atoms with Gasteiger partial charge in [0.05, 0.1) is 16.8 Å². The first-order valence-corrected chi connectivity index (χ1v) is 9.43. The summed E-state index contributed by atoms with van der Waals surface area (Å²) in [4.78, 5) is 15.9. The lowest BCUT2D eigenvalue weighted by atomic mass is 10.1. The molecule has 1 aromatic heterocycles. The molecule has 0 saturated heterocycles. The van der Waals surface area contributed by atoms with Gasteiger partial charge in [-0.2, -0.15) is 0 Å². The van der Waals surface area contributed by atoms with Crippen molar-refractivity contribution in [3.63, 3.8) is 0 Å². The highest BCUT2D eigenvalue weighted by Gasteiger charge is 2.08. The fraction of sp³-hybridized carbons (Fsp3) is 0.294. The molecule has 1 amide bonds. The summed E-state index contributed by atoms with van der Waals surface area (Å²) in [6.07, 6.45) is 2.37. The predicted octanol–water partition coefficient (Wildman–Crippen LogP) is 1.98. The van der Waals surface area contributed by atoms with E-state index in [1.807, 2.05) is 19.9 Å². The molecule has 0 bridgehead atoms. The number of pyridine rings is 1. The summed E-state index contributed by atoms with van der Waals surface area (Å²) < 4.78 is 22.4. The van der Waals surface area contributed by atoms with E-state index in [9.17, 15) is 13.2 Å². The molecule has 134 valence electrons. The quantitative estimate of drug-likeness (QED) is 0.697. The van der Waals surface area contributed by atoms with Gasteiger partial charge in [-0.05, 0) is 36.2 Å². The number of nitrogens with one attached hydrogen (secondary N) is 2. The van der Waals surface area contributed by atoms with Gasteiger partial charge in [-0.3, -0.25) is 4.79 Å². The highest BCUT2D eigenvalue weighted by molar-refractivity contribution is 7.89. The third-order valence-corrected chi connectivity index (χ3v) is 4.46. The van der Waals surface area contributed by atoms with Crippen molar-refractivity contribution in [3.05, 3.63) is 48.2 Å². The Morgan fingerprint density at radius 1 is 1.16 bits per heavy atom. The Bertz CT molecular complexity index is 816. The van der Waals surface area contributed by atoms with Crippen LogP contribution in [0.4, 0.5) is 11.5 Å². The minimum Gasteiger partial charge on any atom is -0.383 e. The Labute approximate surface area is 147 Å². The van der Waals surface area contributed by atoms with E-state index >= 15 is 0 Å². The average Bonchev–Trinajstić information content (AvgIpc) is 2.56. The Morgan fingerprint density at radius 2 is 1.84 bits per heavy atom. The molecular weight excluding hydrogens is 340 g/mol. The highest BCUT2D eigenvalue weighted by atomic mass is 32.2. The van der Waals surface area contributed by atoms with E-state index in [1.165, 1.54) is 12.1 Å². The van der Waals surface area contributed by atoms with Gasteiger partial charge >= 0.3 is 0 Å². The number of carbonyl (C=O) groups excluding carboxylic acids is 1. The van der Waals surface area contributed by atoms with Crippen molar-refractivity contribution in [2.45, 2.75) is 25.2 Å². The number of primary sulfonamides is 1. The fourth-order valence-corrected chi connectivity index (χ4v) is 2.56. The van der Waals surface area contributed by atoms with Crippen LogP contribution in [0.2, 0.25) is 0 Å². The van der Waals surface area contributed by atoms with E-state index in [-0.39, 0.29) is 16.7 Å². The maximum absolute atomic E-state index is 11.6. The van der Waals surface area contributed by atoms with Gasteiger partial charge in [0, 0.05) is 12.5 Å². The van der Waals surface area contributed by atoms with Crippen LogP contribution in [0, 0.1) is 5.92 Å². The van der Waals surface area contributed by atoms with Gasteiger partial charge in [0.1, 0.15) is 5.82 Å². The lowest BCUT2D eigenvalue weighted by molar-refractivity contribution is -0.118. The van der Waals surface area contributed by atoms with Crippen molar-refractivity contribution in [1.29, 1.82) is 0 Å². The standard InChI is InChI=1S/C17H22N4O3S/c1-12(2)17(22)21-16-8-5-14(11-20-16)19-10-9-13-3-6-15(7-4-13)25(18,23)24/h3-8,11-12,19H,9-10H2,1-2H3,(H2,18,23,24)(H,20,21,22). The maximum Gasteiger partial charge on any atom is 0.238 e. The topological polar surface area (TPSA) is 114 Å². The van der Waals surface area contributed by atoms with Crippen LogP contribution in [0.25, 0.3) is 0 Å². The first-order chi connectivity index (χ1) is 11.8. The fourth-order valence-electron chi connectivity index (χ4n) is 2.04. The second-order valence-electron chi connectivity index (χ2n) is 5.94. The van der Waals surface area contributed by atoms with Crippen LogP contribution in [-0.2, 0) is 21.2 Å². The van der Waals surface area contributed by atoms with Crippen molar-refractivity contribution in [2.75, 3.05) is 17.2 Å². The molecule has 0 radical (unpaired) electrons. The molecule has 1 aromatic carbocycles. The van der Waals surface area contributed by atoms with E-state index in [0.29, 0.717) is 12.4 Å². The molecule has 8 heteroatoms. The molecule has 0 aliphatic heterocycles. The van der Waals surface area contributed by atoms with Crippen molar-refractivity contribution >= 4 is 27.4 Å². The molecule has 0 atom stereocenters. The number of aromatic nitrogens is 1. The Kier molecular flexibility index (Phi) is 6.11. The van der Waals surface area contributed by atoms with E-state index in [0.717, 1.165) is 17.7 Å². The Morgan fingerprint density at radius 3 is 2.36 bits per heavy atom. The lowest BCUT2D eigenvalue weighted by Gasteiger charge is -2.09. The highest BCUT2D eigenvalue weighted by Crippen LogP contribution is 2.12. The summed E-state index contributed by atoms with van der Waals surface area (Å²) in [7, 11) is -3.66. The number of sulfonamides is 1. The monoisotopic (exact) mass is 362 g/mol. The Hall–Kier alpha value is -2.45. The number of hydrogen-bond acceptors (Lipinski definition) is 5. The minimum atomic E-state index is -3.66. The third-order valence-electron chi connectivity index (χ3n) is 3.53. The third kappa shape index (κ3) is 5.84. The van der Waals surface area contributed by atoms with Gasteiger partial charge in [-0.25, -0.2) is 18.5 Å². The summed E-state index contributed by atoms with van der Waals surface area (Å²) in [5.74, 6) is 0.347. The number of hydrogen-bond donors (Lipinski definition) is 3. The van der Waals surface area contributed by atoms with Crippen molar-refractivity contribution in [3.8, 4) is 0 Å². The van der Waals surface area contributed by atoms with Gasteiger partial charge in [-0.1, -0.05) is 26.0 Å². The van der Waals surface area contributed by atoms with Gasteiger partial charge in [0.25, 0.3) is 0 Å². The van der Waals surface area contributed by atoms with Crippen LogP contribution in [0.1, 0.15) is 19.4 Å². The van der Waals surface area contributed by atoms with Crippen LogP contribution in [0.3, 0.4) is 0 Å². The molecular formula is C17H22N4O3S. The van der Waals surface area contributed by atoms with Crippen molar-refractivity contribution in [1.82, 2.24) is 4.98 Å². The number of rotatable bonds is 7. The van der Waals surface area contributed by atoms with E-state index in [2.05, 4.69) is 15.6 Å². The van der Waals surface area contributed by atoms with Crippen LogP contribution in [0.15, 0.2) is 47.5 Å². The Balaban J connectivity index is 1.84. The van der Waals surface area contributed by atoms with E-state index < -0.39 is 10.0 Å². The molecule has 0 fully saturated rings. The van der Waals surface area contributed by atoms with Gasteiger partial charge in [0.2, 0.25) is 15.9 Å². The summed E-state index contributed by atoms with van der Waals surface area (Å²) >= 11 is 0. The zero-order chi connectivity index (χ0) is 18.4. The van der Waals surface area contributed by atoms with Crippen LogP contribution in [-0.4, -0.2) is 25.9 Å². The van der Waals surface area contributed by atoms with Crippen molar-refractivity contribution < 1.29 is 13.2 Å². The minimum absolute atomic E-state index is 0.0730. The van der Waals surface area contributed by atoms with Gasteiger partial charge in [0.15, 0.2) is 0 Å². The molecule has 0 aliphatic rings. The van der Waals surface area contributed by atoms with Crippen LogP contribution < -0.4 is 15.8 Å². The molecule has 7 nitrogen and oxygen atoms in total. The number of nitrogens with zero attached hydrogens (tertiary/aromatic N) is 1. The molecule has 0 aliphatic carbocycles. The maximum atomic E-state index is 11.6. The molecule has 25 heavy (non-hydrogen) atoms. The normalized spacial score (nSPS) is 11.4. The number of benzene rings is 1.